The molecule has 2 aromatic heterocycles. The number of aromatic amines is 1. The van der Waals surface area contributed by atoms with Crippen LogP contribution in [0.2, 0.25) is 0 Å². The zero-order valence-electron chi connectivity index (χ0n) is 19.5. The maximum atomic E-state index is 14.9. The minimum Gasteiger partial charge on any atom is -0.473 e. The van der Waals surface area contributed by atoms with Gasteiger partial charge in [0, 0.05) is 48.9 Å². The standard InChI is InChI=1S/C25H29FN4O5/c1-33-25(32)27-16-6-8-30(9-7-16)17-4-2-15(3-5-17)24-20(26)11-21-22(29-24)12-23(28-21)35-19-10-18(13-31)34-14-19/h2-5,11-12,16,18-19,28,31H,6-10,13-14H2,1H3,(H,27,32)/t18?,19-/m0/s1. The van der Waals surface area contributed by atoms with Crippen molar-refractivity contribution in [2.75, 3.05) is 38.3 Å². The third-order valence-corrected chi connectivity index (χ3v) is 6.58. The maximum absolute atomic E-state index is 14.9. The summed E-state index contributed by atoms with van der Waals surface area (Å²) in [6.07, 6.45) is 1.48. The van der Waals surface area contributed by atoms with E-state index in [1.807, 2.05) is 24.3 Å². The van der Waals surface area contributed by atoms with Crippen molar-refractivity contribution in [3.8, 4) is 17.1 Å². The topological polar surface area (TPSA) is 109 Å². The number of methoxy groups -OCH3 is 1. The molecule has 1 amide bonds. The molecule has 0 saturated carbocycles. The third kappa shape index (κ3) is 5.18. The van der Waals surface area contributed by atoms with Crippen LogP contribution in [-0.4, -0.2) is 72.8 Å². The highest BCUT2D eigenvalue weighted by Crippen LogP contribution is 2.30. The van der Waals surface area contributed by atoms with Gasteiger partial charge in [0.1, 0.15) is 11.8 Å². The van der Waals surface area contributed by atoms with Gasteiger partial charge in [0.05, 0.1) is 37.5 Å². The first-order valence-corrected chi connectivity index (χ1v) is 11.8. The average Bonchev–Trinajstić information content (AvgIpc) is 3.50. The monoisotopic (exact) mass is 484 g/mol. The lowest BCUT2D eigenvalue weighted by atomic mass is 10.0. The Balaban J connectivity index is 1.26. The van der Waals surface area contributed by atoms with Gasteiger partial charge < -0.3 is 34.5 Å². The van der Waals surface area contributed by atoms with Crippen LogP contribution in [0.5, 0.6) is 5.88 Å². The molecule has 2 aliphatic rings. The fraction of sp³-hybridized carbons (Fsp3) is 0.440. The van der Waals surface area contributed by atoms with E-state index in [4.69, 9.17) is 9.47 Å². The summed E-state index contributed by atoms with van der Waals surface area (Å²) in [5.41, 5.74) is 3.18. The normalized spacial score (nSPS) is 20.8. The van der Waals surface area contributed by atoms with Crippen molar-refractivity contribution >= 4 is 22.8 Å². The van der Waals surface area contributed by atoms with Gasteiger partial charge in [-0.3, -0.25) is 0 Å². The highest BCUT2D eigenvalue weighted by atomic mass is 19.1. The molecule has 2 atom stereocenters. The van der Waals surface area contributed by atoms with Crippen LogP contribution in [0.1, 0.15) is 19.3 Å². The molecule has 5 rings (SSSR count). The van der Waals surface area contributed by atoms with Crippen LogP contribution in [0.4, 0.5) is 14.9 Å². The number of aliphatic hydroxyl groups is 1. The molecule has 186 valence electrons. The van der Waals surface area contributed by atoms with Crippen LogP contribution in [0, 0.1) is 5.82 Å². The summed E-state index contributed by atoms with van der Waals surface area (Å²) < 4.78 is 30.9. The first kappa shape index (κ1) is 23.4. The second-order valence-corrected chi connectivity index (χ2v) is 8.94. The number of nitrogens with zero attached hydrogens (tertiary/aromatic N) is 2. The lowest BCUT2D eigenvalue weighted by molar-refractivity contribution is 0.0531. The van der Waals surface area contributed by atoms with Crippen molar-refractivity contribution in [2.45, 2.75) is 37.5 Å². The Morgan fingerprint density at radius 1 is 1.29 bits per heavy atom. The van der Waals surface area contributed by atoms with Gasteiger partial charge >= 0.3 is 6.09 Å². The quantitative estimate of drug-likeness (QED) is 0.493. The second kappa shape index (κ2) is 10.1. The van der Waals surface area contributed by atoms with Gasteiger partial charge in [-0.05, 0) is 25.0 Å². The molecule has 10 heteroatoms. The van der Waals surface area contributed by atoms with Crippen molar-refractivity contribution in [1.29, 1.82) is 0 Å². The molecule has 35 heavy (non-hydrogen) atoms. The van der Waals surface area contributed by atoms with E-state index in [1.165, 1.54) is 13.2 Å². The van der Waals surface area contributed by atoms with E-state index in [1.54, 1.807) is 6.07 Å². The fourth-order valence-electron chi connectivity index (χ4n) is 4.67. The number of benzene rings is 1. The summed E-state index contributed by atoms with van der Waals surface area (Å²) in [6, 6.07) is 11.0. The van der Waals surface area contributed by atoms with E-state index in [0.29, 0.717) is 35.5 Å². The number of fused-ring (bicyclic) bond motifs is 1. The number of carbonyl (C=O) groups is 1. The summed E-state index contributed by atoms with van der Waals surface area (Å²) in [5.74, 6) is 0.0783. The van der Waals surface area contributed by atoms with E-state index >= 15 is 0 Å². The van der Waals surface area contributed by atoms with E-state index in [-0.39, 0.29) is 30.6 Å². The smallest absolute Gasteiger partial charge is 0.407 e. The number of halogens is 1. The summed E-state index contributed by atoms with van der Waals surface area (Å²) >= 11 is 0. The van der Waals surface area contributed by atoms with Gasteiger partial charge in [0.15, 0.2) is 11.7 Å². The Morgan fingerprint density at radius 3 is 2.74 bits per heavy atom. The molecular weight excluding hydrogens is 455 g/mol. The SMILES string of the molecule is COC(=O)NC1CCN(c2ccc(-c3nc4cc(O[C@@H]5COC(CO)C5)[nH]c4cc3F)cc2)CC1. The molecule has 1 unspecified atom stereocenters. The lowest BCUT2D eigenvalue weighted by Crippen LogP contribution is -2.44. The number of ether oxygens (including phenoxy) is 3. The number of H-pyrrole nitrogens is 1. The van der Waals surface area contributed by atoms with E-state index < -0.39 is 11.9 Å². The van der Waals surface area contributed by atoms with E-state index in [0.717, 1.165) is 31.6 Å². The Bertz CT molecular complexity index is 1180. The van der Waals surface area contributed by atoms with Gasteiger partial charge in [0.2, 0.25) is 0 Å². The van der Waals surface area contributed by atoms with Gasteiger partial charge in [0.25, 0.3) is 0 Å². The Kier molecular flexibility index (Phi) is 6.74. The first-order chi connectivity index (χ1) is 17.0. The van der Waals surface area contributed by atoms with Crippen molar-refractivity contribution < 1.29 is 28.5 Å². The molecule has 0 radical (unpaired) electrons. The molecule has 1 aromatic carbocycles. The van der Waals surface area contributed by atoms with Crippen LogP contribution < -0.4 is 15.0 Å². The van der Waals surface area contributed by atoms with Crippen molar-refractivity contribution in [3.05, 3.63) is 42.2 Å². The van der Waals surface area contributed by atoms with Crippen LogP contribution in [0.3, 0.4) is 0 Å². The van der Waals surface area contributed by atoms with Gasteiger partial charge in [-0.25, -0.2) is 14.2 Å². The van der Waals surface area contributed by atoms with Crippen molar-refractivity contribution in [1.82, 2.24) is 15.3 Å². The number of amides is 1. The zero-order chi connectivity index (χ0) is 24.4. The number of nitrogens with one attached hydrogen (secondary N) is 2. The number of alkyl carbamates (subject to hydrolysis) is 1. The molecule has 4 heterocycles. The minimum absolute atomic E-state index is 0.0354. The largest absolute Gasteiger partial charge is 0.473 e. The number of hydrogen-bond donors (Lipinski definition) is 3. The fourth-order valence-corrected chi connectivity index (χ4v) is 4.67. The van der Waals surface area contributed by atoms with Crippen LogP contribution >= 0.6 is 0 Å². The Labute approximate surface area is 202 Å². The van der Waals surface area contributed by atoms with Gasteiger partial charge in [-0.15, -0.1) is 0 Å². The molecule has 3 aromatic rings. The minimum atomic E-state index is -0.419. The van der Waals surface area contributed by atoms with E-state index in [2.05, 4.69) is 24.9 Å². The Hall–Kier alpha value is -3.37. The van der Waals surface area contributed by atoms with Crippen LogP contribution in [0.15, 0.2) is 36.4 Å². The number of piperidine rings is 1. The molecule has 2 saturated heterocycles. The predicted octanol–water partition coefficient (Wildman–Crippen LogP) is 3.22. The van der Waals surface area contributed by atoms with Gasteiger partial charge in [-0.1, -0.05) is 12.1 Å². The molecule has 9 nitrogen and oxygen atoms in total. The lowest BCUT2D eigenvalue weighted by Gasteiger charge is -2.33. The number of anilines is 1. The van der Waals surface area contributed by atoms with Crippen LogP contribution in [-0.2, 0) is 9.47 Å². The summed E-state index contributed by atoms with van der Waals surface area (Å²) in [7, 11) is 1.36. The number of rotatable bonds is 6. The van der Waals surface area contributed by atoms with Crippen molar-refractivity contribution in [2.24, 2.45) is 0 Å². The summed E-state index contributed by atoms with van der Waals surface area (Å²) in [6.45, 7) is 1.99. The number of carbonyl (C=O) groups excluding carboxylic acids is 1. The highest BCUT2D eigenvalue weighted by molar-refractivity contribution is 5.81. The molecule has 2 fully saturated rings. The van der Waals surface area contributed by atoms with Crippen LogP contribution in [0.25, 0.3) is 22.3 Å². The molecule has 3 N–H and O–H groups in total. The molecule has 2 aliphatic heterocycles. The maximum Gasteiger partial charge on any atom is 0.407 e. The molecular formula is C25H29FN4O5. The zero-order valence-corrected chi connectivity index (χ0v) is 19.5. The average molecular weight is 485 g/mol. The molecule has 0 spiro atoms. The second-order valence-electron chi connectivity index (χ2n) is 8.94. The number of hydrogen-bond acceptors (Lipinski definition) is 7. The van der Waals surface area contributed by atoms with Crippen molar-refractivity contribution in [3.63, 3.8) is 0 Å². The Morgan fingerprint density at radius 2 is 2.06 bits per heavy atom. The molecule has 0 bridgehead atoms. The third-order valence-electron chi connectivity index (χ3n) is 6.58. The molecule has 0 aliphatic carbocycles. The number of aromatic nitrogens is 2. The summed E-state index contributed by atoms with van der Waals surface area (Å²) in [5, 5.41) is 12.1. The highest BCUT2D eigenvalue weighted by Gasteiger charge is 2.27. The summed E-state index contributed by atoms with van der Waals surface area (Å²) in [4.78, 5) is 21.3. The van der Waals surface area contributed by atoms with Gasteiger partial charge in [-0.2, -0.15) is 0 Å². The number of pyridine rings is 1. The van der Waals surface area contributed by atoms with E-state index in [9.17, 15) is 14.3 Å². The first-order valence-electron chi connectivity index (χ1n) is 11.8. The predicted molar refractivity (Wildman–Crippen MR) is 128 cm³/mol. The number of aliphatic hydroxyl groups excluding tert-OH is 1.